The van der Waals surface area contributed by atoms with Crippen molar-refractivity contribution < 1.29 is 14.9 Å². The van der Waals surface area contributed by atoms with Crippen molar-refractivity contribution in [2.45, 2.75) is 37.0 Å². The largest absolute Gasteiger partial charge is 0.391 e. The normalized spacial score (nSPS) is 31.8. The van der Waals surface area contributed by atoms with Crippen LogP contribution in [0.25, 0.3) is 11.2 Å². The highest BCUT2D eigenvalue weighted by Gasteiger charge is 2.56. The molecule has 2 aromatic heterocycles. The van der Waals surface area contributed by atoms with Crippen LogP contribution in [0.4, 0.5) is 5.95 Å². The molecular weight excluding hydrogens is 324 g/mol. The Morgan fingerprint density at radius 3 is 2.91 bits per heavy atom. The summed E-state index contributed by atoms with van der Waals surface area (Å²) in [5.74, 6) is 2.61. The third kappa shape index (κ3) is 2.41. The van der Waals surface area contributed by atoms with Crippen LogP contribution < -0.4 is 11.5 Å². The molecule has 0 saturated carbocycles. The topological polar surface area (TPSA) is 145 Å². The number of ether oxygens (including phenoxy) is 1. The minimum atomic E-state index is -1.56. The fourth-order valence-electron chi connectivity index (χ4n) is 2.66. The molecule has 10 heteroatoms. The average molecular weight is 339 g/mol. The van der Waals surface area contributed by atoms with Crippen molar-refractivity contribution in [2.24, 2.45) is 5.73 Å². The van der Waals surface area contributed by atoms with Gasteiger partial charge in [0.2, 0.25) is 5.95 Å². The number of nitrogen functional groups attached to an aromatic ring is 1. The molecule has 1 fully saturated rings. The Morgan fingerprint density at radius 2 is 2.26 bits per heavy atom. The van der Waals surface area contributed by atoms with Crippen molar-refractivity contribution in [1.29, 1.82) is 0 Å². The van der Waals surface area contributed by atoms with Crippen LogP contribution in [0.5, 0.6) is 0 Å². The lowest BCUT2D eigenvalue weighted by molar-refractivity contribution is -0.0756. The maximum absolute atomic E-state index is 10.4. The number of nitrogens with zero attached hydrogens (tertiary/aromatic N) is 4. The lowest BCUT2D eigenvalue weighted by Gasteiger charge is -2.27. The summed E-state index contributed by atoms with van der Waals surface area (Å²) >= 11 is 5.49. The first-order valence-corrected chi connectivity index (χ1v) is 7.14. The van der Waals surface area contributed by atoms with Gasteiger partial charge in [-0.2, -0.15) is 4.98 Å². The van der Waals surface area contributed by atoms with E-state index in [9.17, 15) is 10.2 Å². The summed E-state index contributed by atoms with van der Waals surface area (Å²) in [5, 5.41) is 22.4. The van der Waals surface area contributed by atoms with Gasteiger partial charge in [0.1, 0.15) is 17.7 Å². The third-order valence-corrected chi connectivity index (χ3v) is 3.92. The van der Waals surface area contributed by atoms with Gasteiger partial charge >= 0.3 is 0 Å². The van der Waals surface area contributed by atoms with Crippen LogP contribution in [-0.4, -0.2) is 53.6 Å². The number of aromatic nitrogens is 4. The average Bonchev–Trinajstić information content (AvgIpc) is 3.00. The fourth-order valence-corrected chi connectivity index (χ4v) is 2.82. The molecule has 3 rings (SSSR count). The predicted octanol–water partition coefficient (Wildman–Crippen LogP) is -1.06. The van der Waals surface area contributed by atoms with Crippen molar-refractivity contribution >= 4 is 28.7 Å². The van der Waals surface area contributed by atoms with Crippen LogP contribution in [0, 0.1) is 11.3 Å². The Bertz CT molecular complexity index is 800. The summed E-state index contributed by atoms with van der Waals surface area (Å²) in [6.07, 6.45) is -1.27. The van der Waals surface area contributed by atoms with E-state index in [4.69, 9.17) is 27.8 Å². The molecular formula is C13H15ClN6O3. The van der Waals surface area contributed by atoms with Gasteiger partial charge in [0.25, 0.3) is 0 Å². The molecule has 0 amide bonds. The second-order valence-electron chi connectivity index (χ2n) is 5.38. The Kier molecular flexibility index (Phi) is 3.87. The molecule has 0 aromatic carbocycles. The van der Waals surface area contributed by atoms with Crippen molar-refractivity contribution in [2.75, 3.05) is 5.73 Å². The predicted molar refractivity (Wildman–Crippen MR) is 81.9 cm³/mol. The van der Waals surface area contributed by atoms with Crippen LogP contribution in [-0.2, 0) is 4.74 Å². The van der Waals surface area contributed by atoms with Crippen LogP contribution in [0.3, 0.4) is 0 Å². The standard InChI is InChI=1S/C13H15ClN6O3/c1-6(21)8-9(22)13(16,2-3-14)11(23-8)20-5-18-7-4-17-12(15)19-10(7)20/h4-6,8-9,11,21-22H,16H2,1H3,(H2,15,17,19)/t6-,8+,9?,11+,13+/m0/s1. The molecule has 0 bridgehead atoms. The van der Waals surface area contributed by atoms with E-state index >= 15 is 0 Å². The van der Waals surface area contributed by atoms with E-state index in [0.29, 0.717) is 11.2 Å². The number of rotatable bonds is 2. The first-order valence-electron chi connectivity index (χ1n) is 6.77. The summed E-state index contributed by atoms with van der Waals surface area (Å²) in [4.78, 5) is 12.1. The second kappa shape index (κ2) is 5.59. The third-order valence-electron chi connectivity index (χ3n) is 3.82. The zero-order valence-electron chi connectivity index (χ0n) is 12.1. The molecule has 1 unspecified atom stereocenters. The number of hydrogen-bond acceptors (Lipinski definition) is 8. The number of fused-ring (bicyclic) bond motifs is 1. The molecule has 0 aliphatic carbocycles. The smallest absolute Gasteiger partial charge is 0.222 e. The van der Waals surface area contributed by atoms with E-state index < -0.39 is 30.1 Å². The maximum Gasteiger partial charge on any atom is 0.222 e. The van der Waals surface area contributed by atoms with Crippen LogP contribution >= 0.6 is 11.6 Å². The maximum atomic E-state index is 10.4. The molecule has 5 atom stereocenters. The van der Waals surface area contributed by atoms with E-state index in [1.54, 1.807) is 0 Å². The number of anilines is 1. The molecule has 122 valence electrons. The molecule has 9 nitrogen and oxygen atoms in total. The zero-order chi connectivity index (χ0) is 16.8. The highest BCUT2D eigenvalue weighted by Crippen LogP contribution is 2.39. The molecule has 0 spiro atoms. The van der Waals surface area contributed by atoms with E-state index in [1.165, 1.54) is 24.0 Å². The highest BCUT2D eigenvalue weighted by atomic mass is 35.5. The van der Waals surface area contributed by atoms with Crippen molar-refractivity contribution in [3.8, 4) is 11.3 Å². The Balaban J connectivity index is 2.14. The molecule has 6 N–H and O–H groups in total. The van der Waals surface area contributed by atoms with Crippen molar-refractivity contribution in [3.05, 3.63) is 12.5 Å². The molecule has 23 heavy (non-hydrogen) atoms. The van der Waals surface area contributed by atoms with Crippen molar-refractivity contribution in [1.82, 2.24) is 19.5 Å². The van der Waals surface area contributed by atoms with Gasteiger partial charge in [-0.25, -0.2) is 9.97 Å². The van der Waals surface area contributed by atoms with Gasteiger partial charge in [-0.15, -0.1) is 0 Å². The molecule has 1 saturated heterocycles. The quantitative estimate of drug-likeness (QED) is 0.507. The van der Waals surface area contributed by atoms with Crippen LogP contribution in [0.15, 0.2) is 12.5 Å². The first-order chi connectivity index (χ1) is 10.9. The van der Waals surface area contributed by atoms with Crippen LogP contribution in [0.1, 0.15) is 13.2 Å². The van der Waals surface area contributed by atoms with Gasteiger partial charge in [0, 0.05) is 5.38 Å². The summed E-state index contributed by atoms with van der Waals surface area (Å²) in [6.45, 7) is 1.48. The number of hydrogen-bond donors (Lipinski definition) is 4. The van der Waals surface area contributed by atoms with Gasteiger partial charge in [-0.1, -0.05) is 5.92 Å². The summed E-state index contributed by atoms with van der Waals surface area (Å²) in [7, 11) is 0. The van der Waals surface area contributed by atoms with Gasteiger partial charge in [-0.3, -0.25) is 4.57 Å². The molecule has 3 heterocycles. The summed E-state index contributed by atoms with van der Waals surface area (Å²) in [5.41, 5.74) is 11.1. The lowest BCUT2D eigenvalue weighted by Crippen LogP contribution is -2.54. The number of aliphatic hydroxyl groups excluding tert-OH is 2. The summed E-state index contributed by atoms with van der Waals surface area (Å²) in [6, 6.07) is 0. The van der Waals surface area contributed by atoms with Crippen molar-refractivity contribution in [3.63, 3.8) is 0 Å². The second-order valence-corrected chi connectivity index (χ2v) is 5.57. The van der Waals surface area contributed by atoms with Gasteiger partial charge in [0.05, 0.1) is 18.6 Å². The number of halogens is 1. The molecule has 2 aromatic rings. The summed E-state index contributed by atoms with van der Waals surface area (Å²) < 4.78 is 7.22. The molecule has 1 aliphatic rings. The van der Waals surface area contributed by atoms with Gasteiger partial charge in [0.15, 0.2) is 17.4 Å². The van der Waals surface area contributed by atoms with E-state index in [2.05, 4.69) is 26.3 Å². The highest BCUT2D eigenvalue weighted by molar-refractivity contribution is 6.30. The van der Waals surface area contributed by atoms with E-state index in [1.807, 2.05) is 0 Å². The minimum absolute atomic E-state index is 0.0518. The monoisotopic (exact) mass is 338 g/mol. The minimum Gasteiger partial charge on any atom is -0.391 e. The molecule has 1 aliphatic heterocycles. The first kappa shape index (κ1) is 15.9. The fraction of sp³-hybridized carbons (Fsp3) is 0.462. The lowest BCUT2D eigenvalue weighted by atomic mass is 9.90. The molecule has 0 radical (unpaired) electrons. The van der Waals surface area contributed by atoms with Gasteiger partial charge in [-0.05, 0) is 18.5 Å². The zero-order valence-corrected chi connectivity index (χ0v) is 12.8. The van der Waals surface area contributed by atoms with Crippen LogP contribution in [0.2, 0.25) is 0 Å². The van der Waals surface area contributed by atoms with Gasteiger partial charge < -0.3 is 26.4 Å². The SMILES string of the molecule is C[C@H](O)[C@H]1O[C@@H](n2cnc3cnc(N)nc32)[C@@](N)(C#CCl)C1O. The Labute approximate surface area is 136 Å². The Hall–Kier alpha value is -1.96. The van der Waals surface area contributed by atoms with E-state index in [0.717, 1.165) is 0 Å². The number of nitrogens with two attached hydrogens (primary N) is 2. The van der Waals surface area contributed by atoms with E-state index in [-0.39, 0.29) is 5.95 Å². The Morgan fingerprint density at radius 1 is 1.52 bits per heavy atom. The number of imidazole rings is 1. The number of aliphatic hydroxyl groups is 2.